The summed E-state index contributed by atoms with van der Waals surface area (Å²) < 4.78 is 16.3. The zero-order valence-corrected chi connectivity index (χ0v) is 18.3. The third-order valence-electron chi connectivity index (χ3n) is 5.82. The van der Waals surface area contributed by atoms with Gasteiger partial charge in [-0.15, -0.1) is 10.2 Å². The Labute approximate surface area is 188 Å². The van der Waals surface area contributed by atoms with Crippen LogP contribution in [0.3, 0.4) is 0 Å². The van der Waals surface area contributed by atoms with E-state index in [9.17, 15) is 14.0 Å². The first-order valence-corrected chi connectivity index (χ1v) is 10.5. The van der Waals surface area contributed by atoms with Crippen LogP contribution < -0.4 is 21.3 Å². The first-order valence-electron chi connectivity index (χ1n) is 10.5. The van der Waals surface area contributed by atoms with Gasteiger partial charge in [0.2, 0.25) is 5.91 Å². The van der Waals surface area contributed by atoms with E-state index in [2.05, 4.69) is 30.9 Å². The largest absolute Gasteiger partial charge is 0.364 e. The van der Waals surface area contributed by atoms with Gasteiger partial charge in [0, 0.05) is 25.1 Å². The number of aryl methyl sites for hydroxylation is 1. The Hall–Kier alpha value is -4.09. The van der Waals surface area contributed by atoms with Crippen LogP contribution in [0.4, 0.5) is 27.3 Å². The van der Waals surface area contributed by atoms with Gasteiger partial charge in [-0.2, -0.15) is 5.10 Å². The molecule has 0 bridgehead atoms. The Morgan fingerprint density at radius 2 is 1.94 bits per heavy atom. The molecule has 4 N–H and O–H groups in total. The SMILES string of the molecule is Cc1nc2n(n1)-c1cc(F)cc(Nc3cc(NC(=O)C4CC4)nnc3C(N)=O)c1N(C)[C@@H]2C. The van der Waals surface area contributed by atoms with Crippen molar-refractivity contribution >= 4 is 34.7 Å². The van der Waals surface area contributed by atoms with E-state index in [1.54, 1.807) is 11.6 Å². The number of benzene rings is 1. The maximum absolute atomic E-state index is 14.7. The molecule has 0 radical (unpaired) electrons. The minimum Gasteiger partial charge on any atom is -0.364 e. The fourth-order valence-corrected chi connectivity index (χ4v) is 3.91. The van der Waals surface area contributed by atoms with Crippen LogP contribution in [0.25, 0.3) is 5.69 Å². The maximum Gasteiger partial charge on any atom is 0.271 e. The quantitative estimate of drug-likeness (QED) is 0.536. The highest BCUT2D eigenvalue weighted by Gasteiger charge is 2.32. The molecule has 0 spiro atoms. The van der Waals surface area contributed by atoms with Gasteiger partial charge in [-0.3, -0.25) is 9.59 Å². The van der Waals surface area contributed by atoms with Gasteiger partial charge >= 0.3 is 0 Å². The van der Waals surface area contributed by atoms with Crippen LogP contribution >= 0.6 is 0 Å². The molecule has 0 saturated heterocycles. The minimum absolute atomic E-state index is 0.0373. The van der Waals surface area contributed by atoms with Crippen molar-refractivity contribution in [1.29, 1.82) is 0 Å². The van der Waals surface area contributed by atoms with Gasteiger partial charge < -0.3 is 21.3 Å². The van der Waals surface area contributed by atoms with Gasteiger partial charge in [-0.1, -0.05) is 0 Å². The van der Waals surface area contributed by atoms with Crippen molar-refractivity contribution in [3.63, 3.8) is 0 Å². The number of nitrogens with zero attached hydrogens (tertiary/aromatic N) is 6. The van der Waals surface area contributed by atoms with Gasteiger partial charge in [0.05, 0.1) is 28.8 Å². The summed E-state index contributed by atoms with van der Waals surface area (Å²) in [4.78, 5) is 30.5. The molecule has 2 aliphatic rings. The van der Waals surface area contributed by atoms with Crippen LogP contribution in [0, 0.1) is 18.7 Å². The van der Waals surface area contributed by atoms with E-state index in [-0.39, 0.29) is 35.1 Å². The molecule has 5 rings (SSSR count). The lowest BCUT2D eigenvalue weighted by atomic mass is 10.1. The Balaban J connectivity index is 1.60. The molecule has 0 unspecified atom stereocenters. The highest BCUT2D eigenvalue weighted by Crippen LogP contribution is 2.43. The summed E-state index contributed by atoms with van der Waals surface area (Å²) in [5.74, 6) is -0.0950. The second-order valence-corrected chi connectivity index (χ2v) is 8.28. The summed E-state index contributed by atoms with van der Waals surface area (Å²) in [6.45, 7) is 3.74. The van der Waals surface area contributed by atoms with Crippen molar-refractivity contribution in [1.82, 2.24) is 25.0 Å². The van der Waals surface area contributed by atoms with Crippen LogP contribution in [0.15, 0.2) is 18.2 Å². The fourth-order valence-electron chi connectivity index (χ4n) is 3.91. The smallest absolute Gasteiger partial charge is 0.271 e. The van der Waals surface area contributed by atoms with E-state index in [1.165, 1.54) is 18.2 Å². The molecular weight excluding hydrogens is 429 g/mol. The Kier molecular flexibility index (Phi) is 4.73. The van der Waals surface area contributed by atoms with Crippen LogP contribution in [0.1, 0.15) is 47.9 Å². The number of aromatic nitrogens is 5. The zero-order valence-electron chi connectivity index (χ0n) is 18.3. The van der Waals surface area contributed by atoms with E-state index in [1.807, 2.05) is 18.9 Å². The summed E-state index contributed by atoms with van der Waals surface area (Å²) in [6, 6.07) is 4.00. The van der Waals surface area contributed by atoms with E-state index in [0.29, 0.717) is 28.7 Å². The van der Waals surface area contributed by atoms with Gasteiger partial charge in [-0.05, 0) is 32.8 Å². The number of carbonyl (C=O) groups is 2. The predicted octanol–water partition coefficient (Wildman–Crippen LogP) is 2.21. The van der Waals surface area contributed by atoms with Crippen molar-refractivity contribution in [3.8, 4) is 5.69 Å². The molecule has 3 aromatic rings. The molecule has 2 aromatic heterocycles. The van der Waals surface area contributed by atoms with Crippen LogP contribution in [-0.2, 0) is 4.79 Å². The molecule has 1 aliphatic carbocycles. The lowest BCUT2D eigenvalue weighted by molar-refractivity contribution is -0.117. The topological polar surface area (TPSA) is 144 Å². The number of fused-ring (bicyclic) bond motifs is 3. The molecule has 3 heterocycles. The summed E-state index contributed by atoms with van der Waals surface area (Å²) in [5.41, 5.74) is 7.06. The van der Waals surface area contributed by atoms with E-state index in [0.717, 1.165) is 12.8 Å². The normalized spacial score (nSPS) is 16.7. The number of amides is 2. The Morgan fingerprint density at radius 3 is 2.64 bits per heavy atom. The first-order chi connectivity index (χ1) is 15.7. The van der Waals surface area contributed by atoms with Crippen LogP contribution in [-0.4, -0.2) is 43.8 Å². The third-order valence-corrected chi connectivity index (χ3v) is 5.82. The van der Waals surface area contributed by atoms with Gasteiger partial charge in [-0.25, -0.2) is 14.1 Å². The number of hydrogen-bond acceptors (Lipinski definition) is 8. The summed E-state index contributed by atoms with van der Waals surface area (Å²) in [5, 5.41) is 17.9. The molecule has 1 atom stereocenters. The lowest BCUT2D eigenvalue weighted by Gasteiger charge is -2.35. The second-order valence-electron chi connectivity index (χ2n) is 8.28. The number of hydrogen-bond donors (Lipinski definition) is 3. The number of carbonyl (C=O) groups excluding carboxylic acids is 2. The fraction of sp³-hybridized carbons (Fsp3) is 0.333. The highest BCUT2D eigenvalue weighted by atomic mass is 19.1. The minimum atomic E-state index is -0.814. The Morgan fingerprint density at radius 1 is 1.18 bits per heavy atom. The van der Waals surface area contributed by atoms with Gasteiger partial charge in [0.25, 0.3) is 5.91 Å². The van der Waals surface area contributed by atoms with Crippen molar-refractivity contribution in [2.75, 3.05) is 22.6 Å². The maximum atomic E-state index is 14.7. The number of halogens is 1. The number of nitrogens with two attached hydrogens (primary N) is 1. The molecule has 12 heteroatoms. The average Bonchev–Trinajstić information content (AvgIpc) is 3.53. The van der Waals surface area contributed by atoms with E-state index < -0.39 is 11.7 Å². The molecular formula is C21H22FN9O2. The highest BCUT2D eigenvalue weighted by molar-refractivity contribution is 5.99. The summed E-state index contributed by atoms with van der Waals surface area (Å²) in [6.07, 6.45) is 1.65. The van der Waals surface area contributed by atoms with Crippen molar-refractivity contribution in [3.05, 3.63) is 41.4 Å². The molecule has 170 valence electrons. The van der Waals surface area contributed by atoms with Crippen LogP contribution in [0.5, 0.6) is 0 Å². The molecule has 1 saturated carbocycles. The summed E-state index contributed by atoms with van der Waals surface area (Å²) >= 11 is 0. The Bertz CT molecular complexity index is 1300. The molecule has 1 aromatic carbocycles. The van der Waals surface area contributed by atoms with Gasteiger partial charge in [0.15, 0.2) is 17.3 Å². The predicted molar refractivity (Wildman–Crippen MR) is 118 cm³/mol. The molecule has 1 aliphatic heterocycles. The van der Waals surface area contributed by atoms with Crippen molar-refractivity contribution < 1.29 is 14.0 Å². The molecule has 1 fully saturated rings. The van der Waals surface area contributed by atoms with E-state index in [4.69, 9.17) is 5.73 Å². The number of primary amides is 1. The average molecular weight is 451 g/mol. The summed E-state index contributed by atoms with van der Waals surface area (Å²) in [7, 11) is 1.86. The third kappa shape index (κ3) is 3.62. The first kappa shape index (κ1) is 20.8. The van der Waals surface area contributed by atoms with E-state index >= 15 is 0 Å². The number of anilines is 4. The van der Waals surface area contributed by atoms with Crippen molar-refractivity contribution in [2.45, 2.75) is 32.7 Å². The standard InChI is InChI=1S/C21H22FN9O2/c1-9-20-24-10(2)29-31(20)15-7-12(22)6-14(18(15)30(9)3)25-13-8-16(26-21(33)11-4-5-11)27-28-17(13)19(23)32/h6-9,11H,4-5H2,1-3H3,(H2,23,32)(H2,25,26,27,33)/t9-/m1/s1. The molecule has 11 nitrogen and oxygen atoms in total. The monoisotopic (exact) mass is 451 g/mol. The van der Waals surface area contributed by atoms with Crippen LogP contribution in [0.2, 0.25) is 0 Å². The molecule has 2 amide bonds. The lowest BCUT2D eigenvalue weighted by Crippen LogP contribution is -2.31. The van der Waals surface area contributed by atoms with Crippen molar-refractivity contribution in [2.24, 2.45) is 11.7 Å². The van der Waals surface area contributed by atoms with Gasteiger partial charge in [0.1, 0.15) is 11.6 Å². The number of nitrogens with one attached hydrogen (secondary N) is 2. The second kappa shape index (κ2) is 7.50. The number of rotatable bonds is 5. The zero-order chi connectivity index (χ0) is 23.4. The molecule has 33 heavy (non-hydrogen) atoms.